The van der Waals surface area contributed by atoms with Crippen LogP contribution in [-0.4, -0.2) is 34.6 Å². The van der Waals surface area contributed by atoms with Crippen molar-refractivity contribution < 1.29 is 36.6 Å². The molecular weight excluding hydrogens is 301 g/mol. The van der Waals surface area contributed by atoms with Crippen LogP contribution in [0.1, 0.15) is 12.0 Å². The Hall–Kier alpha value is -2.19. The summed E-state index contributed by atoms with van der Waals surface area (Å²) in [4.78, 5) is 21.8. The molecule has 0 aliphatic rings. The Kier molecular flexibility index (Phi) is 5.23. The number of carbonyl (C=O) groups is 2. The summed E-state index contributed by atoms with van der Waals surface area (Å²) in [7, 11) is 0. The summed E-state index contributed by atoms with van der Waals surface area (Å²) in [5.74, 6) is -6.09. The Morgan fingerprint density at radius 2 is 1.76 bits per heavy atom. The van der Waals surface area contributed by atoms with Crippen LogP contribution in [0.2, 0.25) is 0 Å². The number of aliphatic carboxylic acids is 1. The van der Waals surface area contributed by atoms with Gasteiger partial charge < -0.3 is 10.0 Å². The van der Waals surface area contributed by atoms with Crippen molar-refractivity contribution >= 4 is 11.9 Å². The van der Waals surface area contributed by atoms with Crippen molar-refractivity contribution in [2.24, 2.45) is 0 Å². The minimum atomic E-state index is -5.18. The zero-order valence-corrected chi connectivity index (χ0v) is 10.5. The highest BCUT2D eigenvalue weighted by atomic mass is 19.4. The number of hydrogen-bond donors (Lipinski definition) is 1. The smallest absolute Gasteiger partial charge is 0.471 e. The largest absolute Gasteiger partial charge is 0.481 e. The fourth-order valence-corrected chi connectivity index (χ4v) is 1.52. The molecule has 1 aromatic carbocycles. The molecule has 0 aliphatic heterocycles. The van der Waals surface area contributed by atoms with Crippen LogP contribution in [0.4, 0.5) is 22.0 Å². The van der Waals surface area contributed by atoms with Gasteiger partial charge in [0.05, 0.1) is 6.42 Å². The van der Waals surface area contributed by atoms with Gasteiger partial charge in [0, 0.05) is 13.1 Å². The summed E-state index contributed by atoms with van der Waals surface area (Å²) in [6, 6.07) is 2.36. The average Bonchev–Trinajstić information content (AvgIpc) is 2.36. The Bertz CT molecular complexity index is 544. The van der Waals surface area contributed by atoms with Crippen molar-refractivity contribution in [2.75, 3.05) is 6.54 Å². The standard InChI is InChI=1S/C12H10F5NO3/c13-8-2-1-7(5-9(8)14)6-18(4-3-10(19)20)11(21)12(15,16)17/h1-2,5H,3-4,6H2,(H,19,20). The number of benzene rings is 1. The van der Waals surface area contributed by atoms with Gasteiger partial charge in [-0.3, -0.25) is 9.59 Å². The van der Waals surface area contributed by atoms with E-state index in [4.69, 9.17) is 5.11 Å². The van der Waals surface area contributed by atoms with Crippen molar-refractivity contribution in [1.82, 2.24) is 4.90 Å². The first kappa shape index (κ1) is 16.9. The summed E-state index contributed by atoms with van der Waals surface area (Å²) in [5.41, 5.74) is -0.0862. The van der Waals surface area contributed by atoms with E-state index in [1.165, 1.54) is 0 Å². The first-order valence-electron chi connectivity index (χ1n) is 5.63. The molecule has 4 nitrogen and oxygen atoms in total. The van der Waals surface area contributed by atoms with Crippen LogP contribution in [0.5, 0.6) is 0 Å². The van der Waals surface area contributed by atoms with E-state index in [1.807, 2.05) is 0 Å². The van der Waals surface area contributed by atoms with Crippen LogP contribution in [0.3, 0.4) is 0 Å². The van der Waals surface area contributed by atoms with E-state index in [-0.39, 0.29) is 10.5 Å². The number of carboxylic acid groups (broad SMARTS) is 1. The number of alkyl halides is 3. The van der Waals surface area contributed by atoms with E-state index in [9.17, 15) is 31.5 Å². The second-order valence-corrected chi connectivity index (χ2v) is 4.12. The van der Waals surface area contributed by atoms with Crippen LogP contribution >= 0.6 is 0 Å². The number of hydrogen-bond acceptors (Lipinski definition) is 2. The van der Waals surface area contributed by atoms with E-state index in [0.29, 0.717) is 12.1 Å². The molecule has 0 aliphatic carbocycles. The molecule has 116 valence electrons. The first-order valence-corrected chi connectivity index (χ1v) is 5.63. The van der Waals surface area contributed by atoms with Crippen LogP contribution in [0, 0.1) is 11.6 Å². The van der Waals surface area contributed by atoms with Gasteiger partial charge in [0.2, 0.25) is 0 Å². The van der Waals surface area contributed by atoms with E-state index in [0.717, 1.165) is 6.07 Å². The molecule has 9 heteroatoms. The monoisotopic (exact) mass is 311 g/mol. The van der Waals surface area contributed by atoms with Gasteiger partial charge in [0.15, 0.2) is 11.6 Å². The molecule has 1 aromatic rings. The van der Waals surface area contributed by atoms with Crippen molar-refractivity contribution in [2.45, 2.75) is 19.1 Å². The van der Waals surface area contributed by atoms with Gasteiger partial charge in [-0.1, -0.05) is 6.07 Å². The van der Waals surface area contributed by atoms with Crippen LogP contribution in [0.25, 0.3) is 0 Å². The third-order valence-electron chi connectivity index (χ3n) is 2.48. The van der Waals surface area contributed by atoms with Crippen LogP contribution < -0.4 is 0 Å². The van der Waals surface area contributed by atoms with Gasteiger partial charge in [0.25, 0.3) is 0 Å². The van der Waals surface area contributed by atoms with Gasteiger partial charge >= 0.3 is 18.1 Å². The number of rotatable bonds is 5. The quantitative estimate of drug-likeness (QED) is 0.849. The lowest BCUT2D eigenvalue weighted by molar-refractivity contribution is -0.186. The lowest BCUT2D eigenvalue weighted by Gasteiger charge is -2.23. The maximum Gasteiger partial charge on any atom is 0.471 e. The average molecular weight is 311 g/mol. The molecule has 0 radical (unpaired) electrons. The molecule has 0 fully saturated rings. The van der Waals surface area contributed by atoms with E-state index in [1.54, 1.807) is 0 Å². The number of carbonyl (C=O) groups excluding carboxylic acids is 1. The molecule has 21 heavy (non-hydrogen) atoms. The SMILES string of the molecule is O=C(O)CCN(Cc1ccc(F)c(F)c1)C(=O)C(F)(F)F. The van der Waals surface area contributed by atoms with Crippen molar-refractivity contribution in [3.8, 4) is 0 Å². The molecule has 0 aromatic heterocycles. The second-order valence-electron chi connectivity index (χ2n) is 4.12. The predicted octanol–water partition coefficient (Wildman–Crippen LogP) is 2.33. The van der Waals surface area contributed by atoms with Gasteiger partial charge in [0.1, 0.15) is 0 Å². The zero-order valence-electron chi connectivity index (χ0n) is 10.5. The zero-order chi connectivity index (χ0) is 16.2. The van der Waals surface area contributed by atoms with E-state index in [2.05, 4.69) is 0 Å². The van der Waals surface area contributed by atoms with Crippen LogP contribution in [0.15, 0.2) is 18.2 Å². The van der Waals surface area contributed by atoms with Crippen molar-refractivity contribution in [3.63, 3.8) is 0 Å². The minimum absolute atomic E-state index is 0.0862. The second kappa shape index (κ2) is 6.51. The Morgan fingerprint density at radius 3 is 2.24 bits per heavy atom. The molecule has 0 unspecified atom stereocenters. The Balaban J connectivity index is 2.92. The molecule has 0 atom stereocenters. The highest BCUT2D eigenvalue weighted by Gasteiger charge is 2.42. The number of halogens is 5. The summed E-state index contributed by atoms with van der Waals surface area (Å²) in [6.07, 6.45) is -5.89. The fraction of sp³-hybridized carbons (Fsp3) is 0.333. The molecule has 0 heterocycles. The number of carboxylic acids is 1. The van der Waals surface area contributed by atoms with E-state index < -0.39 is 49.2 Å². The Morgan fingerprint density at radius 1 is 1.14 bits per heavy atom. The third kappa shape index (κ3) is 5.01. The van der Waals surface area contributed by atoms with E-state index >= 15 is 0 Å². The normalized spacial score (nSPS) is 11.3. The maximum absolute atomic E-state index is 13.0. The molecule has 0 spiro atoms. The minimum Gasteiger partial charge on any atom is -0.481 e. The highest BCUT2D eigenvalue weighted by Crippen LogP contribution is 2.21. The number of amides is 1. The lowest BCUT2D eigenvalue weighted by Crippen LogP contribution is -2.41. The molecule has 0 saturated carbocycles. The maximum atomic E-state index is 13.0. The fourth-order valence-electron chi connectivity index (χ4n) is 1.52. The lowest BCUT2D eigenvalue weighted by atomic mass is 10.2. The van der Waals surface area contributed by atoms with Gasteiger partial charge in [-0.05, 0) is 17.7 Å². The summed E-state index contributed by atoms with van der Waals surface area (Å²) in [6.45, 7) is -1.38. The van der Waals surface area contributed by atoms with Crippen molar-refractivity contribution in [3.05, 3.63) is 35.4 Å². The molecule has 0 saturated heterocycles. The Labute approximate surface area is 115 Å². The topological polar surface area (TPSA) is 57.6 Å². The van der Waals surface area contributed by atoms with Crippen LogP contribution in [-0.2, 0) is 16.1 Å². The molecule has 1 rings (SSSR count). The van der Waals surface area contributed by atoms with Gasteiger partial charge in [-0.25, -0.2) is 8.78 Å². The van der Waals surface area contributed by atoms with Gasteiger partial charge in [-0.2, -0.15) is 13.2 Å². The number of nitrogens with zero attached hydrogens (tertiary/aromatic N) is 1. The molecular formula is C12H10F5NO3. The summed E-state index contributed by atoms with van der Waals surface area (Å²) < 4.78 is 62.9. The third-order valence-corrected chi connectivity index (χ3v) is 2.48. The van der Waals surface area contributed by atoms with Crippen molar-refractivity contribution in [1.29, 1.82) is 0 Å². The summed E-state index contributed by atoms with van der Waals surface area (Å²) in [5, 5.41) is 8.46. The molecule has 1 amide bonds. The summed E-state index contributed by atoms with van der Waals surface area (Å²) >= 11 is 0. The van der Waals surface area contributed by atoms with Gasteiger partial charge in [-0.15, -0.1) is 0 Å². The predicted molar refractivity (Wildman–Crippen MR) is 60.1 cm³/mol. The first-order chi connectivity index (χ1) is 9.61. The highest BCUT2D eigenvalue weighted by molar-refractivity contribution is 5.82. The molecule has 0 bridgehead atoms. The molecule has 1 N–H and O–H groups in total.